The van der Waals surface area contributed by atoms with E-state index in [9.17, 15) is 0 Å². The fraction of sp³-hybridized carbons (Fsp3) is 0.714. The molecule has 0 saturated heterocycles. The lowest BCUT2D eigenvalue weighted by atomic mass is 10.0. The van der Waals surface area contributed by atoms with Gasteiger partial charge in [-0.3, -0.25) is 0 Å². The van der Waals surface area contributed by atoms with Gasteiger partial charge in [0, 0.05) is 16.4 Å². The number of ether oxygens (including phenoxy) is 1. The monoisotopic (exact) mass is 253 g/mol. The zero-order valence-electron chi connectivity index (χ0n) is 11.0. The van der Waals surface area contributed by atoms with Gasteiger partial charge in [-0.25, -0.2) is 0 Å². The molecule has 0 bridgehead atoms. The first-order valence-electron chi connectivity index (χ1n) is 6.67. The molecule has 1 heterocycles. The van der Waals surface area contributed by atoms with Gasteiger partial charge >= 0.3 is 0 Å². The average molecular weight is 253 g/mol. The molecule has 1 fully saturated rings. The second-order valence-corrected chi connectivity index (χ2v) is 6.06. The molecule has 17 heavy (non-hydrogen) atoms. The molecule has 0 aromatic carbocycles. The summed E-state index contributed by atoms with van der Waals surface area (Å²) < 4.78 is 5.99. The van der Waals surface area contributed by atoms with Crippen molar-refractivity contribution in [2.24, 2.45) is 5.92 Å². The molecule has 1 N–H and O–H groups in total. The molecule has 0 radical (unpaired) electrons. The Labute approximate surface area is 108 Å². The van der Waals surface area contributed by atoms with Gasteiger partial charge in [0.05, 0.1) is 12.1 Å². The van der Waals surface area contributed by atoms with Crippen LogP contribution < -0.4 is 5.32 Å². The van der Waals surface area contributed by atoms with Crippen LogP contribution in [0.3, 0.4) is 0 Å². The third-order valence-electron chi connectivity index (χ3n) is 3.27. The Hall–Kier alpha value is -0.380. The van der Waals surface area contributed by atoms with Gasteiger partial charge in [-0.05, 0) is 51.3 Å². The first-order valence-corrected chi connectivity index (χ1v) is 7.49. The van der Waals surface area contributed by atoms with Gasteiger partial charge in [0.2, 0.25) is 0 Å². The van der Waals surface area contributed by atoms with E-state index in [1.807, 2.05) is 11.3 Å². The van der Waals surface area contributed by atoms with E-state index < -0.39 is 0 Å². The standard InChI is InChI=1S/C14H23NOS/c1-4-15-13(12-9-6-10(3)17-12)14(16-5-2)11-7-8-11/h6,9,11,13-15H,4-5,7-8H2,1-3H3. The van der Waals surface area contributed by atoms with Gasteiger partial charge < -0.3 is 10.1 Å². The van der Waals surface area contributed by atoms with Crippen LogP contribution in [0.1, 0.15) is 42.5 Å². The summed E-state index contributed by atoms with van der Waals surface area (Å²) in [7, 11) is 0. The quantitative estimate of drug-likeness (QED) is 0.802. The molecule has 96 valence electrons. The minimum absolute atomic E-state index is 0.359. The van der Waals surface area contributed by atoms with Crippen molar-refractivity contribution in [1.29, 1.82) is 0 Å². The Morgan fingerprint density at radius 1 is 1.41 bits per heavy atom. The molecule has 2 atom stereocenters. The molecule has 1 aliphatic carbocycles. The molecule has 2 nitrogen and oxygen atoms in total. The van der Waals surface area contributed by atoms with E-state index in [1.165, 1.54) is 22.6 Å². The smallest absolute Gasteiger partial charge is 0.0805 e. The fourth-order valence-electron chi connectivity index (χ4n) is 2.34. The Bertz CT molecular complexity index is 346. The number of thiophene rings is 1. The van der Waals surface area contributed by atoms with Crippen LogP contribution in [0.5, 0.6) is 0 Å². The Balaban J connectivity index is 2.13. The van der Waals surface area contributed by atoms with E-state index in [1.54, 1.807) is 0 Å². The summed E-state index contributed by atoms with van der Waals surface area (Å²) in [6.07, 6.45) is 3.02. The number of nitrogens with one attached hydrogen (secondary N) is 1. The number of hydrogen-bond donors (Lipinski definition) is 1. The van der Waals surface area contributed by atoms with Gasteiger partial charge in [0.15, 0.2) is 0 Å². The van der Waals surface area contributed by atoms with Crippen LogP contribution in [-0.4, -0.2) is 19.3 Å². The lowest BCUT2D eigenvalue weighted by Crippen LogP contribution is -2.34. The largest absolute Gasteiger partial charge is 0.376 e. The average Bonchev–Trinajstić information content (AvgIpc) is 3.06. The lowest BCUT2D eigenvalue weighted by Gasteiger charge is -2.27. The van der Waals surface area contributed by atoms with Crippen LogP contribution >= 0.6 is 11.3 Å². The van der Waals surface area contributed by atoms with E-state index in [-0.39, 0.29) is 0 Å². The van der Waals surface area contributed by atoms with Gasteiger partial charge in [-0.15, -0.1) is 11.3 Å². The first-order chi connectivity index (χ1) is 8.26. The van der Waals surface area contributed by atoms with Crippen LogP contribution in [0.15, 0.2) is 12.1 Å². The van der Waals surface area contributed by atoms with Gasteiger partial charge in [0.1, 0.15) is 0 Å². The molecule has 1 saturated carbocycles. The molecule has 0 spiro atoms. The zero-order chi connectivity index (χ0) is 12.3. The van der Waals surface area contributed by atoms with E-state index in [0.29, 0.717) is 12.1 Å². The van der Waals surface area contributed by atoms with Crippen LogP contribution in [0.2, 0.25) is 0 Å². The van der Waals surface area contributed by atoms with E-state index >= 15 is 0 Å². The molecule has 2 rings (SSSR count). The van der Waals surface area contributed by atoms with Crippen molar-refractivity contribution in [3.8, 4) is 0 Å². The number of likely N-dealkylation sites (N-methyl/N-ethyl adjacent to an activating group) is 1. The third kappa shape index (κ3) is 3.30. The van der Waals surface area contributed by atoms with Crippen molar-refractivity contribution >= 4 is 11.3 Å². The van der Waals surface area contributed by atoms with Gasteiger partial charge in [-0.1, -0.05) is 6.92 Å². The summed E-state index contributed by atoms with van der Waals surface area (Å²) in [5.74, 6) is 0.765. The Morgan fingerprint density at radius 3 is 2.65 bits per heavy atom. The zero-order valence-corrected chi connectivity index (χ0v) is 11.8. The minimum Gasteiger partial charge on any atom is -0.376 e. The fourth-order valence-corrected chi connectivity index (χ4v) is 3.33. The SMILES string of the molecule is CCNC(c1ccc(C)s1)C(OCC)C1CC1. The van der Waals surface area contributed by atoms with Crippen LogP contribution in [-0.2, 0) is 4.74 Å². The maximum Gasteiger partial charge on any atom is 0.0805 e. The summed E-state index contributed by atoms with van der Waals surface area (Å²) in [6.45, 7) is 8.25. The van der Waals surface area contributed by atoms with Crippen molar-refractivity contribution in [3.63, 3.8) is 0 Å². The highest BCUT2D eigenvalue weighted by molar-refractivity contribution is 7.12. The molecule has 1 aromatic heterocycles. The van der Waals surface area contributed by atoms with Crippen LogP contribution in [0.25, 0.3) is 0 Å². The second kappa shape index (κ2) is 5.98. The topological polar surface area (TPSA) is 21.3 Å². The Kier molecular flexibility index (Phi) is 4.60. The molecule has 0 aliphatic heterocycles. The summed E-state index contributed by atoms with van der Waals surface area (Å²) in [6, 6.07) is 4.84. The Morgan fingerprint density at radius 2 is 2.18 bits per heavy atom. The van der Waals surface area contributed by atoms with E-state index in [4.69, 9.17) is 4.74 Å². The van der Waals surface area contributed by atoms with Gasteiger partial charge in [0.25, 0.3) is 0 Å². The normalized spacial score (nSPS) is 19.2. The molecule has 2 unspecified atom stereocenters. The predicted molar refractivity (Wildman–Crippen MR) is 73.6 cm³/mol. The van der Waals surface area contributed by atoms with Crippen LogP contribution in [0.4, 0.5) is 0 Å². The minimum atomic E-state index is 0.359. The molecule has 1 aliphatic rings. The third-order valence-corrected chi connectivity index (χ3v) is 4.35. The van der Waals surface area contributed by atoms with Gasteiger partial charge in [-0.2, -0.15) is 0 Å². The van der Waals surface area contributed by atoms with E-state index in [2.05, 4.69) is 38.2 Å². The lowest BCUT2D eigenvalue weighted by molar-refractivity contribution is 0.0198. The summed E-state index contributed by atoms with van der Waals surface area (Å²) in [5.41, 5.74) is 0. The predicted octanol–water partition coefficient (Wildman–Crippen LogP) is 3.52. The first kappa shape index (κ1) is 13.1. The van der Waals surface area contributed by atoms with Crippen molar-refractivity contribution in [3.05, 3.63) is 21.9 Å². The van der Waals surface area contributed by atoms with Crippen LogP contribution in [0, 0.1) is 12.8 Å². The van der Waals surface area contributed by atoms with Crippen molar-refractivity contribution in [2.45, 2.75) is 45.8 Å². The van der Waals surface area contributed by atoms with Crippen molar-refractivity contribution < 1.29 is 4.74 Å². The molecular weight excluding hydrogens is 230 g/mol. The highest BCUT2D eigenvalue weighted by atomic mass is 32.1. The summed E-state index contributed by atoms with van der Waals surface area (Å²) in [5, 5.41) is 3.60. The molecular formula is C14H23NOS. The summed E-state index contributed by atoms with van der Waals surface area (Å²) in [4.78, 5) is 2.81. The number of aryl methyl sites for hydroxylation is 1. The summed E-state index contributed by atoms with van der Waals surface area (Å²) >= 11 is 1.89. The maximum atomic E-state index is 5.99. The number of hydrogen-bond acceptors (Lipinski definition) is 3. The second-order valence-electron chi connectivity index (χ2n) is 4.74. The highest BCUT2D eigenvalue weighted by Crippen LogP contribution is 2.41. The molecule has 3 heteroatoms. The maximum absolute atomic E-state index is 5.99. The van der Waals surface area contributed by atoms with E-state index in [0.717, 1.165) is 19.1 Å². The van der Waals surface area contributed by atoms with Crippen molar-refractivity contribution in [1.82, 2.24) is 5.32 Å². The molecule has 1 aromatic rings. The molecule has 0 amide bonds. The number of rotatable bonds is 7. The highest BCUT2D eigenvalue weighted by Gasteiger charge is 2.38. The van der Waals surface area contributed by atoms with Crippen molar-refractivity contribution in [2.75, 3.05) is 13.2 Å².